The highest BCUT2D eigenvalue weighted by molar-refractivity contribution is 5.28. The van der Waals surface area contributed by atoms with Gasteiger partial charge in [-0.25, -0.2) is 0 Å². The molecule has 4 unspecified atom stereocenters. The van der Waals surface area contributed by atoms with Crippen LogP contribution in [0.5, 0.6) is 0 Å². The summed E-state index contributed by atoms with van der Waals surface area (Å²) >= 11 is 0. The van der Waals surface area contributed by atoms with Gasteiger partial charge < -0.3 is 10.2 Å². The molecule has 0 aromatic rings. The van der Waals surface area contributed by atoms with Crippen LogP contribution >= 0.6 is 0 Å². The van der Waals surface area contributed by atoms with Crippen LogP contribution in [-0.2, 0) is 0 Å². The maximum absolute atomic E-state index is 10.1. The van der Waals surface area contributed by atoms with Crippen LogP contribution in [-0.4, -0.2) is 21.9 Å². The Morgan fingerprint density at radius 2 is 1.97 bits per heavy atom. The van der Waals surface area contributed by atoms with Crippen LogP contribution in [0.3, 0.4) is 0 Å². The lowest BCUT2D eigenvalue weighted by molar-refractivity contribution is 0.0596. The molecule has 3 rings (SSSR count). The van der Waals surface area contributed by atoms with Crippen molar-refractivity contribution in [2.24, 2.45) is 23.2 Å². The van der Waals surface area contributed by atoms with Crippen molar-refractivity contribution < 1.29 is 10.2 Å². The SMILES string of the molecule is C=C1CC/C(=C/C=C2\CCCC3(C)C2CCC3[C@@H](C)CCCC(C)(C)O)CC1O. The van der Waals surface area contributed by atoms with Crippen LogP contribution in [0.15, 0.2) is 35.5 Å². The number of aliphatic hydroxyl groups excluding tert-OH is 1. The molecule has 0 amide bonds. The van der Waals surface area contributed by atoms with Crippen molar-refractivity contribution in [3.8, 4) is 0 Å². The minimum absolute atomic E-state index is 0.342. The normalized spacial score (nSPS) is 37.2. The third-order valence-electron chi connectivity index (χ3n) is 8.40. The van der Waals surface area contributed by atoms with E-state index in [0.29, 0.717) is 5.41 Å². The molecule has 0 heterocycles. The Labute approximate surface area is 179 Å². The molecule has 0 aliphatic heterocycles. The lowest BCUT2D eigenvalue weighted by Crippen LogP contribution is -2.36. The summed E-state index contributed by atoms with van der Waals surface area (Å²) in [6.45, 7) is 12.9. The van der Waals surface area contributed by atoms with Crippen LogP contribution in [0.4, 0.5) is 0 Å². The van der Waals surface area contributed by atoms with Gasteiger partial charge in [-0.2, -0.15) is 0 Å². The van der Waals surface area contributed by atoms with Crippen molar-refractivity contribution in [3.63, 3.8) is 0 Å². The minimum Gasteiger partial charge on any atom is -0.390 e. The number of allylic oxidation sites excluding steroid dienone is 3. The molecule has 0 aromatic carbocycles. The highest BCUT2D eigenvalue weighted by Crippen LogP contribution is 2.59. The summed E-state index contributed by atoms with van der Waals surface area (Å²) in [4.78, 5) is 0. The topological polar surface area (TPSA) is 40.5 Å². The monoisotopic (exact) mass is 400 g/mol. The van der Waals surface area contributed by atoms with E-state index in [1.165, 1.54) is 44.1 Å². The first kappa shape index (κ1) is 22.8. The van der Waals surface area contributed by atoms with Crippen molar-refractivity contribution in [2.45, 2.75) is 110 Å². The second kappa shape index (κ2) is 9.10. The molecule has 0 spiro atoms. The van der Waals surface area contributed by atoms with E-state index in [-0.39, 0.29) is 6.10 Å². The highest BCUT2D eigenvalue weighted by Gasteiger charge is 2.50. The minimum atomic E-state index is -0.533. The maximum atomic E-state index is 10.1. The molecular weight excluding hydrogens is 356 g/mol. The molecule has 2 heteroatoms. The molecule has 29 heavy (non-hydrogen) atoms. The predicted octanol–water partition coefficient (Wildman–Crippen LogP) is 6.73. The van der Waals surface area contributed by atoms with E-state index in [4.69, 9.17) is 0 Å². The Kier molecular flexibility index (Phi) is 7.16. The van der Waals surface area contributed by atoms with Gasteiger partial charge in [-0.15, -0.1) is 0 Å². The van der Waals surface area contributed by atoms with Crippen LogP contribution in [0.1, 0.15) is 98.3 Å². The molecule has 2 nitrogen and oxygen atoms in total. The standard InChI is InChI=1S/C27H44O2/c1-19(8-6-16-26(3,4)29)23-14-15-24-22(9-7-17-27(23,24)5)13-12-21-11-10-20(2)25(28)18-21/h12-13,19,23-25,28-29H,2,6-11,14-18H2,1,3-5H3/b21-12-,22-13+/t19-,23?,24?,25?,27?/m0/s1. The Balaban J connectivity index is 1.65. The first-order valence-corrected chi connectivity index (χ1v) is 12.1. The summed E-state index contributed by atoms with van der Waals surface area (Å²) in [5.74, 6) is 2.29. The molecular formula is C27H44O2. The highest BCUT2D eigenvalue weighted by atomic mass is 16.3. The third-order valence-corrected chi connectivity index (χ3v) is 8.40. The molecule has 0 saturated heterocycles. The van der Waals surface area contributed by atoms with E-state index in [1.807, 2.05) is 13.8 Å². The lowest BCUT2D eigenvalue weighted by atomic mass is 9.60. The van der Waals surface area contributed by atoms with Gasteiger partial charge in [0.1, 0.15) is 0 Å². The molecule has 3 saturated carbocycles. The Morgan fingerprint density at radius 3 is 2.66 bits per heavy atom. The number of fused-ring (bicyclic) bond motifs is 1. The van der Waals surface area contributed by atoms with Gasteiger partial charge >= 0.3 is 0 Å². The van der Waals surface area contributed by atoms with Crippen molar-refractivity contribution in [1.29, 1.82) is 0 Å². The molecule has 164 valence electrons. The fourth-order valence-electron chi connectivity index (χ4n) is 6.63. The van der Waals surface area contributed by atoms with Gasteiger partial charge in [0, 0.05) is 0 Å². The Bertz CT molecular complexity index is 650. The van der Waals surface area contributed by atoms with Crippen LogP contribution < -0.4 is 0 Å². The fraction of sp³-hybridized carbons (Fsp3) is 0.778. The van der Waals surface area contributed by atoms with Crippen molar-refractivity contribution in [2.75, 3.05) is 0 Å². The number of hydrogen-bond donors (Lipinski definition) is 2. The molecule has 0 radical (unpaired) electrons. The van der Waals surface area contributed by atoms with Gasteiger partial charge in [0.2, 0.25) is 0 Å². The van der Waals surface area contributed by atoms with E-state index in [0.717, 1.165) is 55.4 Å². The van der Waals surface area contributed by atoms with Gasteiger partial charge in [-0.1, -0.05) is 56.6 Å². The molecule has 3 aliphatic carbocycles. The fourth-order valence-corrected chi connectivity index (χ4v) is 6.63. The van der Waals surface area contributed by atoms with Crippen molar-refractivity contribution >= 4 is 0 Å². The summed E-state index contributed by atoms with van der Waals surface area (Å²) in [6, 6.07) is 0. The van der Waals surface area contributed by atoms with E-state index >= 15 is 0 Å². The van der Waals surface area contributed by atoms with Crippen LogP contribution in [0.25, 0.3) is 0 Å². The summed E-state index contributed by atoms with van der Waals surface area (Å²) in [7, 11) is 0. The van der Waals surface area contributed by atoms with Gasteiger partial charge in [-0.3, -0.25) is 0 Å². The molecule has 3 fully saturated rings. The largest absolute Gasteiger partial charge is 0.390 e. The summed E-state index contributed by atoms with van der Waals surface area (Å²) in [6.07, 6.45) is 17.1. The molecule has 2 N–H and O–H groups in total. The second-order valence-electron chi connectivity index (χ2n) is 11.2. The molecule has 0 bridgehead atoms. The quantitative estimate of drug-likeness (QED) is 0.485. The molecule has 3 aliphatic rings. The van der Waals surface area contributed by atoms with E-state index < -0.39 is 5.60 Å². The number of aliphatic hydroxyl groups is 2. The Hall–Kier alpha value is -0.860. The maximum Gasteiger partial charge on any atom is 0.0784 e. The van der Waals surface area contributed by atoms with Crippen molar-refractivity contribution in [1.82, 2.24) is 0 Å². The summed E-state index contributed by atoms with van der Waals surface area (Å²) in [5, 5.41) is 20.1. The first-order chi connectivity index (χ1) is 13.6. The van der Waals surface area contributed by atoms with Crippen LogP contribution in [0, 0.1) is 23.2 Å². The summed E-state index contributed by atoms with van der Waals surface area (Å²) < 4.78 is 0. The van der Waals surface area contributed by atoms with Gasteiger partial charge in [0.25, 0.3) is 0 Å². The van der Waals surface area contributed by atoms with Gasteiger partial charge in [0.05, 0.1) is 11.7 Å². The number of hydrogen-bond acceptors (Lipinski definition) is 2. The molecule has 0 aromatic heterocycles. The van der Waals surface area contributed by atoms with Crippen LogP contribution in [0.2, 0.25) is 0 Å². The Morgan fingerprint density at radius 1 is 1.21 bits per heavy atom. The average molecular weight is 401 g/mol. The zero-order valence-corrected chi connectivity index (χ0v) is 19.3. The van der Waals surface area contributed by atoms with Gasteiger partial charge in [0.15, 0.2) is 0 Å². The average Bonchev–Trinajstić information content (AvgIpc) is 2.99. The zero-order chi connectivity index (χ0) is 21.2. The van der Waals surface area contributed by atoms with E-state index in [1.54, 1.807) is 5.57 Å². The molecule has 5 atom stereocenters. The van der Waals surface area contributed by atoms with Crippen molar-refractivity contribution in [3.05, 3.63) is 35.5 Å². The number of rotatable bonds is 6. The summed E-state index contributed by atoms with van der Waals surface area (Å²) in [5.41, 5.74) is 3.96. The van der Waals surface area contributed by atoms with E-state index in [2.05, 4.69) is 32.6 Å². The lowest BCUT2D eigenvalue weighted by Gasteiger charge is -2.44. The van der Waals surface area contributed by atoms with E-state index in [9.17, 15) is 10.2 Å². The zero-order valence-electron chi connectivity index (χ0n) is 19.3. The smallest absolute Gasteiger partial charge is 0.0784 e. The third kappa shape index (κ3) is 5.44. The predicted molar refractivity (Wildman–Crippen MR) is 123 cm³/mol. The van der Waals surface area contributed by atoms with Gasteiger partial charge in [-0.05, 0) is 100 Å². The second-order valence-corrected chi connectivity index (χ2v) is 11.2. The first-order valence-electron chi connectivity index (χ1n) is 12.1.